The van der Waals surface area contributed by atoms with Crippen molar-refractivity contribution >= 4 is 17.6 Å². The summed E-state index contributed by atoms with van der Waals surface area (Å²) in [5.41, 5.74) is 11.3. The highest BCUT2D eigenvalue weighted by Crippen LogP contribution is 2.33. The number of primary amides is 1. The largest absolute Gasteiger partial charge is 0.416 e. The fraction of sp³-hybridized carbons (Fsp3) is 0.385. The van der Waals surface area contributed by atoms with Gasteiger partial charge in [-0.25, -0.2) is 9.07 Å². The van der Waals surface area contributed by atoms with Gasteiger partial charge in [0.25, 0.3) is 11.8 Å². The number of nitrogens with two attached hydrogens (primary N) is 2. The summed E-state index contributed by atoms with van der Waals surface area (Å²) in [6.45, 7) is 2.39. The van der Waals surface area contributed by atoms with E-state index in [9.17, 15) is 27.2 Å². The van der Waals surface area contributed by atoms with Gasteiger partial charge in [0.05, 0.1) is 24.3 Å². The number of nitrogen functional groups attached to an aromatic ring is 1. The third-order valence-corrected chi connectivity index (χ3v) is 6.60. The number of halogens is 4. The monoisotopic (exact) mass is 545 g/mol. The minimum absolute atomic E-state index is 0.00289. The molecule has 0 saturated carbocycles. The fourth-order valence-electron chi connectivity index (χ4n) is 4.72. The minimum atomic E-state index is -4.62. The van der Waals surface area contributed by atoms with E-state index in [0.717, 1.165) is 12.1 Å². The van der Waals surface area contributed by atoms with Crippen molar-refractivity contribution in [1.82, 2.24) is 24.5 Å². The standard InChI is InChI=1S/C26H27F4N7O2/c1-2-5-21(38)35-10-3-6-19(7-4-11-35)37-24(31)22(25(32)39)23(34-37)17-13-33-36(15-17)14-16-12-18(26(28,29)30)8-9-20(16)27/h8-9,12-13,15,19H,3-4,6-7,10-11,14,31H2,1H3,(H2,32,39). The molecule has 0 spiro atoms. The number of alkyl halides is 3. The van der Waals surface area contributed by atoms with Gasteiger partial charge >= 0.3 is 6.18 Å². The van der Waals surface area contributed by atoms with Crippen LogP contribution in [-0.4, -0.2) is 49.4 Å². The summed E-state index contributed by atoms with van der Waals surface area (Å²) in [6, 6.07) is 2.01. The Morgan fingerprint density at radius 3 is 2.49 bits per heavy atom. The predicted molar refractivity (Wildman–Crippen MR) is 134 cm³/mol. The number of carbonyl (C=O) groups is 2. The van der Waals surface area contributed by atoms with Crippen LogP contribution >= 0.6 is 0 Å². The average molecular weight is 546 g/mol. The lowest BCUT2D eigenvalue weighted by Gasteiger charge is -2.27. The summed E-state index contributed by atoms with van der Waals surface area (Å²) < 4.78 is 56.3. The highest BCUT2D eigenvalue weighted by atomic mass is 19.4. The van der Waals surface area contributed by atoms with E-state index in [4.69, 9.17) is 11.5 Å². The van der Waals surface area contributed by atoms with Gasteiger partial charge < -0.3 is 16.4 Å². The highest BCUT2D eigenvalue weighted by Gasteiger charge is 2.31. The first kappa shape index (κ1) is 27.7. The van der Waals surface area contributed by atoms with E-state index >= 15 is 0 Å². The number of nitrogens with zero attached hydrogens (tertiary/aromatic N) is 5. The number of likely N-dealkylation sites (tertiary alicyclic amines) is 1. The molecule has 3 aromatic rings. The van der Waals surface area contributed by atoms with Gasteiger partial charge in [-0.15, -0.1) is 0 Å². The van der Waals surface area contributed by atoms with Gasteiger partial charge in [-0.05, 0) is 56.7 Å². The fourth-order valence-corrected chi connectivity index (χ4v) is 4.72. The summed E-state index contributed by atoms with van der Waals surface area (Å²) in [7, 11) is 0. The molecule has 3 heterocycles. The first-order valence-corrected chi connectivity index (χ1v) is 12.3. The molecule has 1 saturated heterocycles. The lowest BCUT2D eigenvalue weighted by molar-refractivity contribution is -0.137. The van der Waals surface area contributed by atoms with Crippen LogP contribution in [0.2, 0.25) is 0 Å². The number of benzene rings is 1. The minimum Gasteiger partial charge on any atom is -0.383 e. The van der Waals surface area contributed by atoms with Crippen molar-refractivity contribution in [3.05, 3.63) is 53.1 Å². The lowest BCUT2D eigenvalue weighted by Crippen LogP contribution is -2.34. The van der Waals surface area contributed by atoms with Crippen LogP contribution in [0.1, 0.15) is 60.1 Å². The van der Waals surface area contributed by atoms with Crippen molar-refractivity contribution in [3.63, 3.8) is 0 Å². The molecule has 13 heteroatoms. The van der Waals surface area contributed by atoms with Crippen molar-refractivity contribution in [3.8, 4) is 23.1 Å². The SMILES string of the molecule is CC#CC(=O)N1CCCC(n2nc(-c3cnn(Cc4cc(C(F)(F)F)ccc4F)c3)c(C(N)=O)c2N)CCC1. The Hall–Kier alpha value is -4.34. The molecule has 0 aliphatic carbocycles. The summed E-state index contributed by atoms with van der Waals surface area (Å²) in [6.07, 6.45) is 0.801. The number of amides is 2. The molecular weight excluding hydrogens is 518 g/mol. The van der Waals surface area contributed by atoms with Crippen LogP contribution in [0.15, 0.2) is 30.6 Å². The molecule has 1 aliphatic heterocycles. The molecule has 4 N–H and O–H groups in total. The van der Waals surface area contributed by atoms with Crippen LogP contribution in [0.25, 0.3) is 11.3 Å². The second-order valence-electron chi connectivity index (χ2n) is 9.25. The van der Waals surface area contributed by atoms with E-state index in [0.29, 0.717) is 50.4 Å². The maximum Gasteiger partial charge on any atom is 0.416 e. The summed E-state index contributed by atoms with van der Waals surface area (Å²) >= 11 is 0. The second kappa shape index (κ2) is 11.2. The third-order valence-electron chi connectivity index (χ3n) is 6.60. The van der Waals surface area contributed by atoms with Crippen LogP contribution in [0.5, 0.6) is 0 Å². The number of carbonyl (C=O) groups excluding carboxylic acids is 2. The van der Waals surface area contributed by atoms with Gasteiger partial charge in [0.15, 0.2) is 0 Å². The van der Waals surface area contributed by atoms with Gasteiger partial charge in [-0.3, -0.25) is 14.3 Å². The molecule has 2 aromatic heterocycles. The first-order chi connectivity index (χ1) is 18.5. The molecule has 1 aliphatic rings. The van der Waals surface area contributed by atoms with E-state index in [-0.39, 0.29) is 41.1 Å². The Kier molecular flexibility index (Phi) is 7.94. The van der Waals surface area contributed by atoms with Crippen molar-refractivity contribution < 1.29 is 27.2 Å². The molecule has 1 fully saturated rings. The number of hydrogen-bond acceptors (Lipinski definition) is 5. The molecule has 0 bridgehead atoms. The Labute approximate surface area is 221 Å². The molecule has 4 rings (SSSR count). The van der Waals surface area contributed by atoms with Crippen LogP contribution < -0.4 is 11.5 Å². The molecular formula is C26H27F4N7O2. The van der Waals surface area contributed by atoms with Gasteiger partial charge in [-0.2, -0.15) is 23.4 Å². The lowest BCUT2D eigenvalue weighted by atomic mass is 10.0. The van der Waals surface area contributed by atoms with Crippen molar-refractivity contribution in [2.24, 2.45) is 5.73 Å². The number of anilines is 1. The van der Waals surface area contributed by atoms with Crippen LogP contribution in [0, 0.1) is 17.7 Å². The maximum absolute atomic E-state index is 14.2. The highest BCUT2D eigenvalue weighted by molar-refractivity contribution is 6.03. The Balaban J connectivity index is 1.58. The molecule has 2 amide bonds. The molecule has 39 heavy (non-hydrogen) atoms. The Morgan fingerprint density at radius 1 is 1.18 bits per heavy atom. The number of hydrogen-bond donors (Lipinski definition) is 2. The molecule has 1 aromatic carbocycles. The quantitative estimate of drug-likeness (QED) is 0.375. The van der Waals surface area contributed by atoms with E-state index < -0.39 is 23.5 Å². The predicted octanol–water partition coefficient (Wildman–Crippen LogP) is 3.60. The number of aromatic nitrogens is 4. The Morgan fingerprint density at radius 2 is 1.87 bits per heavy atom. The van der Waals surface area contributed by atoms with E-state index in [1.165, 1.54) is 17.1 Å². The second-order valence-corrected chi connectivity index (χ2v) is 9.25. The van der Waals surface area contributed by atoms with Crippen LogP contribution in [0.4, 0.5) is 23.4 Å². The molecule has 0 atom stereocenters. The smallest absolute Gasteiger partial charge is 0.383 e. The summed E-state index contributed by atoms with van der Waals surface area (Å²) in [5, 5.41) is 8.69. The molecule has 0 radical (unpaired) electrons. The molecule has 206 valence electrons. The van der Waals surface area contributed by atoms with Crippen molar-refractivity contribution in [2.45, 2.75) is 51.4 Å². The van der Waals surface area contributed by atoms with Gasteiger partial charge in [0.1, 0.15) is 22.9 Å². The van der Waals surface area contributed by atoms with E-state index in [1.807, 2.05) is 0 Å². The average Bonchev–Trinajstić information content (AvgIpc) is 3.44. The summed E-state index contributed by atoms with van der Waals surface area (Å²) in [4.78, 5) is 26.2. The zero-order valence-corrected chi connectivity index (χ0v) is 21.1. The molecule has 9 nitrogen and oxygen atoms in total. The van der Waals surface area contributed by atoms with Gasteiger partial charge in [-0.1, -0.05) is 5.92 Å². The van der Waals surface area contributed by atoms with Crippen molar-refractivity contribution in [1.29, 1.82) is 0 Å². The van der Waals surface area contributed by atoms with E-state index in [1.54, 1.807) is 16.5 Å². The zero-order chi connectivity index (χ0) is 28.3. The maximum atomic E-state index is 14.2. The van der Waals surface area contributed by atoms with Gasteiger partial charge in [0.2, 0.25) is 0 Å². The van der Waals surface area contributed by atoms with Crippen LogP contribution in [-0.2, 0) is 17.5 Å². The normalized spacial score (nSPS) is 14.8. The third kappa shape index (κ3) is 6.05. The van der Waals surface area contributed by atoms with Gasteiger partial charge in [0, 0.05) is 30.4 Å². The topological polar surface area (TPSA) is 125 Å². The van der Waals surface area contributed by atoms with E-state index in [2.05, 4.69) is 22.0 Å². The first-order valence-electron chi connectivity index (χ1n) is 12.3. The number of rotatable bonds is 5. The summed E-state index contributed by atoms with van der Waals surface area (Å²) in [5.74, 6) is 3.44. The Bertz CT molecular complexity index is 1440. The van der Waals surface area contributed by atoms with Crippen LogP contribution in [0.3, 0.4) is 0 Å². The van der Waals surface area contributed by atoms with Crippen molar-refractivity contribution in [2.75, 3.05) is 18.8 Å². The molecule has 0 unspecified atom stereocenters. The zero-order valence-electron chi connectivity index (χ0n) is 21.1.